The van der Waals surface area contributed by atoms with Crippen LogP contribution in [0.5, 0.6) is 0 Å². The largest absolute Gasteiger partial charge is 0.352 e. The molecule has 0 saturated heterocycles. The molecular weight excluding hydrogens is 284 g/mol. The van der Waals surface area contributed by atoms with Gasteiger partial charge in [0.1, 0.15) is 5.82 Å². The summed E-state index contributed by atoms with van der Waals surface area (Å²) in [6, 6.07) is 0.430. The number of hydrogen-bond donors (Lipinski definition) is 2. The summed E-state index contributed by atoms with van der Waals surface area (Å²) in [4.78, 5) is 16.4. The highest BCUT2D eigenvalue weighted by Gasteiger charge is 2.48. The molecule has 1 amide bonds. The Hall–Kier alpha value is -1.04. The maximum Gasteiger partial charge on any atom is 0.230 e. The van der Waals surface area contributed by atoms with Crippen LogP contribution in [0.15, 0.2) is 5.16 Å². The molecule has 1 heterocycles. The van der Waals surface area contributed by atoms with Gasteiger partial charge < -0.3 is 5.32 Å². The van der Waals surface area contributed by atoms with Crippen LogP contribution in [-0.4, -0.2) is 32.9 Å². The van der Waals surface area contributed by atoms with Crippen molar-refractivity contribution >= 4 is 17.7 Å². The number of hydrogen-bond acceptors (Lipinski definition) is 4. The highest BCUT2D eigenvalue weighted by molar-refractivity contribution is 7.99. The molecule has 6 heteroatoms. The lowest BCUT2D eigenvalue weighted by Crippen LogP contribution is -2.56. The van der Waals surface area contributed by atoms with Gasteiger partial charge in [-0.15, -0.1) is 5.10 Å². The Kier molecular flexibility index (Phi) is 3.44. The molecule has 0 aromatic carbocycles. The summed E-state index contributed by atoms with van der Waals surface area (Å²) >= 11 is 1.41. The number of nitrogens with one attached hydrogen (secondary N) is 2. The monoisotopic (exact) mass is 306 g/mol. The Labute approximate surface area is 129 Å². The number of H-pyrrole nitrogens is 1. The van der Waals surface area contributed by atoms with Gasteiger partial charge in [-0.05, 0) is 62.7 Å². The van der Waals surface area contributed by atoms with E-state index < -0.39 is 0 Å². The molecule has 0 radical (unpaired) electrons. The maximum atomic E-state index is 12.2. The molecule has 1 aromatic rings. The Morgan fingerprint density at radius 1 is 1.24 bits per heavy atom. The van der Waals surface area contributed by atoms with Crippen molar-refractivity contribution in [2.24, 2.45) is 23.7 Å². The third kappa shape index (κ3) is 2.70. The highest BCUT2D eigenvalue weighted by atomic mass is 32.2. The number of thioether (sulfide) groups is 1. The standard InChI is InChI=1S/C15H22N4OS/c1-8-16-15(19-18-8)21-7-13(20)17-14-11-3-9-2-10(5-11)6-12(14)4-9/h9-12,14H,2-7H2,1H3,(H,17,20)(H,16,18,19). The van der Waals surface area contributed by atoms with Gasteiger partial charge in [0.15, 0.2) is 0 Å². The minimum atomic E-state index is 0.139. The van der Waals surface area contributed by atoms with E-state index in [2.05, 4.69) is 20.5 Å². The minimum Gasteiger partial charge on any atom is -0.352 e. The molecule has 2 N–H and O–H groups in total. The number of aryl methyl sites for hydroxylation is 1. The number of nitrogens with zero attached hydrogens (tertiary/aromatic N) is 2. The van der Waals surface area contributed by atoms with E-state index in [1.807, 2.05) is 6.92 Å². The Morgan fingerprint density at radius 2 is 1.90 bits per heavy atom. The van der Waals surface area contributed by atoms with Gasteiger partial charge in [-0.25, -0.2) is 4.98 Å². The molecule has 5 rings (SSSR count). The molecular formula is C15H22N4OS. The van der Waals surface area contributed by atoms with E-state index in [1.165, 1.54) is 43.9 Å². The summed E-state index contributed by atoms with van der Waals surface area (Å²) in [7, 11) is 0. The second-order valence-electron chi connectivity index (χ2n) is 7.02. The van der Waals surface area contributed by atoms with Crippen molar-refractivity contribution in [2.75, 3.05) is 5.75 Å². The topological polar surface area (TPSA) is 70.7 Å². The van der Waals surface area contributed by atoms with Gasteiger partial charge in [-0.2, -0.15) is 0 Å². The average Bonchev–Trinajstić information content (AvgIpc) is 2.85. The van der Waals surface area contributed by atoms with Crippen molar-refractivity contribution < 1.29 is 4.79 Å². The average molecular weight is 306 g/mol. The van der Waals surface area contributed by atoms with Crippen molar-refractivity contribution in [3.63, 3.8) is 0 Å². The first-order valence-corrected chi connectivity index (χ1v) is 8.97. The van der Waals surface area contributed by atoms with Crippen LogP contribution in [0.2, 0.25) is 0 Å². The lowest BCUT2D eigenvalue weighted by molar-refractivity contribution is -0.122. The van der Waals surface area contributed by atoms with Crippen LogP contribution in [-0.2, 0) is 4.79 Å². The summed E-state index contributed by atoms with van der Waals surface area (Å²) < 4.78 is 0. The fraction of sp³-hybridized carbons (Fsp3) is 0.800. The van der Waals surface area contributed by atoms with Crippen LogP contribution in [0.1, 0.15) is 37.9 Å². The van der Waals surface area contributed by atoms with Crippen LogP contribution in [0.25, 0.3) is 0 Å². The van der Waals surface area contributed by atoms with E-state index in [0.717, 1.165) is 29.5 Å². The van der Waals surface area contributed by atoms with Crippen molar-refractivity contribution in [2.45, 2.75) is 50.2 Å². The lowest BCUT2D eigenvalue weighted by Gasteiger charge is -2.54. The fourth-order valence-corrected chi connectivity index (χ4v) is 5.56. The summed E-state index contributed by atoms with van der Waals surface area (Å²) in [5.41, 5.74) is 0. The maximum absolute atomic E-state index is 12.2. The molecule has 5 nitrogen and oxygen atoms in total. The second kappa shape index (κ2) is 5.30. The predicted molar refractivity (Wildman–Crippen MR) is 80.8 cm³/mol. The third-order valence-corrected chi connectivity index (χ3v) is 6.31. The zero-order valence-electron chi connectivity index (χ0n) is 12.3. The molecule has 0 aliphatic heterocycles. The van der Waals surface area contributed by atoms with Crippen LogP contribution >= 0.6 is 11.8 Å². The van der Waals surface area contributed by atoms with E-state index >= 15 is 0 Å². The van der Waals surface area contributed by atoms with E-state index in [-0.39, 0.29) is 5.91 Å². The molecule has 21 heavy (non-hydrogen) atoms. The first kappa shape index (κ1) is 13.6. The molecule has 4 aliphatic carbocycles. The van der Waals surface area contributed by atoms with E-state index in [9.17, 15) is 4.79 Å². The van der Waals surface area contributed by atoms with Crippen LogP contribution < -0.4 is 5.32 Å². The number of carbonyl (C=O) groups is 1. The first-order valence-electron chi connectivity index (χ1n) is 7.98. The van der Waals surface area contributed by atoms with Gasteiger partial charge in [-0.3, -0.25) is 9.89 Å². The van der Waals surface area contributed by atoms with Gasteiger partial charge in [0.05, 0.1) is 5.75 Å². The van der Waals surface area contributed by atoms with Gasteiger partial charge in [0, 0.05) is 6.04 Å². The zero-order chi connectivity index (χ0) is 14.4. The summed E-state index contributed by atoms with van der Waals surface area (Å²) in [5, 5.41) is 10.8. The summed E-state index contributed by atoms with van der Waals surface area (Å²) in [6.07, 6.45) is 6.81. The molecule has 114 valence electrons. The third-order valence-electron chi connectivity index (χ3n) is 5.46. The lowest BCUT2D eigenvalue weighted by atomic mass is 9.54. The Bertz CT molecular complexity index is 516. The van der Waals surface area contributed by atoms with Gasteiger partial charge in [0.2, 0.25) is 11.1 Å². The normalized spacial score (nSPS) is 36.9. The smallest absolute Gasteiger partial charge is 0.230 e. The van der Waals surface area contributed by atoms with E-state index in [0.29, 0.717) is 17.0 Å². The fourth-order valence-electron chi connectivity index (χ4n) is 4.91. The second-order valence-corrected chi connectivity index (χ2v) is 7.96. The molecule has 0 spiro atoms. The Morgan fingerprint density at radius 3 is 2.48 bits per heavy atom. The van der Waals surface area contributed by atoms with Crippen LogP contribution in [0, 0.1) is 30.6 Å². The van der Waals surface area contributed by atoms with Gasteiger partial charge >= 0.3 is 0 Å². The summed E-state index contributed by atoms with van der Waals surface area (Å²) in [5.74, 6) is 4.72. The van der Waals surface area contributed by atoms with E-state index in [4.69, 9.17) is 0 Å². The number of rotatable bonds is 4. The number of aromatic nitrogens is 3. The van der Waals surface area contributed by atoms with Crippen molar-refractivity contribution in [3.05, 3.63) is 5.82 Å². The molecule has 0 atom stereocenters. The SMILES string of the molecule is Cc1nc(SCC(=O)NC2C3CC4CC(C3)CC2C4)n[nH]1. The zero-order valence-corrected chi connectivity index (χ0v) is 13.2. The van der Waals surface area contributed by atoms with Crippen molar-refractivity contribution in [1.29, 1.82) is 0 Å². The van der Waals surface area contributed by atoms with Gasteiger partial charge in [0.25, 0.3) is 0 Å². The molecule has 4 fully saturated rings. The van der Waals surface area contributed by atoms with Crippen molar-refractivity contribution in [1.82, 2.24) is 20.5 Å². The minimum absolute atomic E-state index is 0.139. The Balaban J connectivity index is 1.32. The quantitative estimate of drug-likeness (QED) is 0.836. The van der Waals surface area contributed by atoms with Gasteiger partial charge in [-0.1, -0.05) is 11.8 Å². The predicted octanol–water partition coefficient (Wildman–Crippen LogP) is 2.15. The molecule has 4 bridgehead atoms. The molecule has 1 aromatic heterocycles. The van der Waals surface area contributed by atoms with Crippen molar-refractivity contribution in [3.8, 4) is 0 Å². The first-order chi connectivity index (χ1) is 10.2. The number of amides is 1. The van der Waals surface area contributed by atoms with Crippen LogP contribution in [0.3, 0.4) is 0 Å². The molecule has 0 unspecified atom stereocenters. The summed E-state index contributed by atoms with van der Waals surface area (Å²) in [6.45, 7) is 1.87. The van der Waals surface area contributed by atoms with E-state index in [1.54, 1.807) is 0 Å². The molecule has 4 aliphatic rings. The van der Waals surface area contributed by atoms with Crippen LogP contribution in [0.4, 0.5) is 0 Å². The highest BCUT2D eigenvalue weighted by Crippen LogP contribution is 2.53. The number of carbonyl (C=O) groups excluding carboxylic acids is 1. The number of aromatic amines is 1. The molecule has 4 saturated carbocycles.